The highest BCUT2D eigenvalue weighted by atomic mass is 15.2. The second kappa shape index (κ2) is 5.25. The predicted octanol–water partition coefficient (Wildman–Crippen LogP) is 0.394. The number of nitrogens with two attached hydrogens (primary N) is 1. The van der Waals surface area contributed by atoms with Crippen molar-refractivity contribution in [2.24, 2.45) is 5.84 Å². The first-order valence-corrected chi connectivity index (χ1v) is 4.04. The Morgan fingerprint density at radius 1 is 1.69 bits per heavy atom. The van der Waals surface area contributed by atoms with E-state index in [2.05, 4.69) is 21.3 Å². The normalized spacial score (nSPS) is 12.0. The SMILES string of the molecule is C#CCCC(NN)c1ccncn1. The van der Waals surface area contributed by atoms with Crippen LogP contribution >= 0.6 is 0 Å². The van der Waals surface area contributed by atoms with E-state index in [-0.39, 0.29) is 6.04 Å². The molecular formula is C9H12N4. The fraction of sp³-hybridized carbons (Fsp3) is 0.333. The lowest BCUT2D eigenvalue weighted by Gasteiger charge is -2.12. The van der Waals surface area contributed by atoms with Gasteiger partial charge in [0.05, 0.1) is 11.7 Å². The first-order chi connectivity index (χ1) is 6.38. The molecule has 13 heavy (non-hydrogen) atoms. The van der Waals surface area contributed by atoms with Gasteiger partial charge in [-0.1, -0.05) is 0 Å². The third-order valence-corrected chi connectivity index (χ3v) is 1.74. The van der Waals surface area contributed by atoms with Crippen LogP contribution in [-0.2, 0) is 0 Å². The molecule has 1 aromatic rings. The number of rotatable bonds is 4. The zero-order chi connectivity index (χ0) is 9.52. The van der Waals surface area contributed by atoms with Crippen molar-refractivity contribution in [3.8, 4) is 12.3 Å². The summed E-state index contributed by atoms with van der Waals surface area (Å²) in [5.41, 5.74) is 3.54. The van der Waals surface area contributed by atoms with Crippen molar-refractivity contribution in [2.75, 3.05) is 0 Å². The number of hydrazine groups is 1. The van der Waals surface area contributed by atoms with E-state index in [9.17, 15) is 0 Å². The van der Waals surface area contributed by atoms with Crippen LogP contribution in [0.2, 0.25) is 0 Å². The maximum Gasteiger partial charge on any atom is 0.115 e. The molecule has 3 N–H and O–H groups in total. The van der Waals surface area contributed by atoms with Crippen LogP contribution in [0.15, 0.2) is 18.6 Å². The maximum atomic E-state index is 5.37. The summed E-state index contributed by atoms with van der Waals surface area (Å²) in [6.45, 7) is 0. The molecule has 0 amide bonds. The van der Waals surface area contributed by atoms with Crippen LogP contribution < -0.4 is 11.3 Å². The lowest BCUT2D eigenvalue weighted by molar-refractivity contribution is 0.510. The number of hydrogen-bond acceptors (Lipinski definition) is 4. The van der Waals surface area contributed by atoms with E-state index < -0.39 is 0 Å². The molecule has 0 radical (unpaired) electrons. The summed E-state index contributed by atoms with van der Waals surface area (Å²) in [5, 5.41) is 0. The van der Waals surface area contributed by atoms with Crippen LogP contribution in [0.3, 0.4) is 0 Å². The minimum absolute atomic E-state index is 0.0130. The molecular weight excluding hydrogens is 164 g/mol. The molecule has 1 unspecified atom stereocenters. The van der Waals surface area contributed by atoms with E-state index in [0.717, 1.165) is 12.1 Å². The Morgan fingerprint density at radius 3 is 3.08 bits per heavy atom. The molecule has 1 rings (SSSR count). The van der Waals surface area contributed by atoms with Gasteiger partial charge in [-0.25, -0.2) is 9.97 Å². The van der Waals surface area contributed by atoms with Gasteiger partial charge in [0.15, 0.2) is 0 Å². The van der Waals surface area contributed by atoms with Gasteiger partial charge in [-0.15, -0.1) is 12.3 Å². The highest BCUT2D eigenvalue weighted by Crippen LogP contribution is 2.13. The van der Waals surface area contributed by atoms with Gasteiger partial charge in [0.25, 0.3) is 0 Å². The van der Waals surface area contributed by atoms with Gasteiger partial charge in [0.1, 0.15) is 6.33 Å². The summed E-state index contributed by atoms with van der Waals surface area (Å²) in [5.74, 6) is 7.93. The molecule has 0 saturated heterocycles. The van der Waals surface area contributed by atoms with E-state index in [1.54, 1.807) is 6.20 Å². The lowest BCUT2D eigenvalue weighted by atomic mass is 10.1. The Morgan fingerprint density at radius 2 is 2.54 bits per heavy atom. The standard InChI is InChI=1S/C9H12N4/c1-2-3-4-9(13-10)8-5-6-11-7-12-8/h1,5-7,9,13H,3-4,10H2. The highest BCUT2D eigenvalue weighted by molar-refractivity contribution is 5.05. The molecule has 4 heteroatoms. The Labute approximate surface area is 77.6 Å². The van der Waals surface area contributed by atoms with Crippen LogP contribution in [0.5, 0.6) is 0 Å². The fourth-order valence-electron chi connectivity index (χ4n) is 1.05. The molecule has 0 fully saturated rings. The van der Waals surface area contributed by atoms with E-state index in [4.69, 9.17) is 12.3 Å². The smallest absolute Gasteiger partial charge is 0.115 e. The number of hydrogen-bond donors (Lipinski definition) is 2. The van der Waals surface area contributed by atoms with Crippen molar-refractivity contribution in [3.05, 3.63) is 24.3 Å². The lowest BCUT2D eigenvalue weighted by Crippen LogP contribution is -2.28. The third kappa shape index (κ3) is 2.82. The molecule has 0 spiro atoms. The van der Waals surface area contributed by atoms with Crippen LogP contribution in [0.25, 0.3) is 0 Å². The number of terminal acetylenes is 1. The van der Waals surface area contributed by atoms with E-state index in [1.165, 1.54) is 6.33 Å². The molecule has 0 aliphatic heterocycles. The van der Waals surface area contributed by atoms with Crippen LogP contribution in [0.1, 0.15) is 24.6 Å². The summed E-state index contributed by atoms with van der Waals surface area (Å²) in [6.07, 6.45) is 9.80. The third-order valence-electron chi connectivity index (χ3n) is 1.74. The molecule has 0 aliphatic rings. The largest absolute Gasteiger partial charge is 0.271 e. The molecule has 4 nitrogen and oxygen atoms in total. The molecule has 0 aromatic carbocycles. The predicted molar refractivity (Wildman–Crippen MR) is 50.2 cm³/mol. The average Bonchev–Trinajstić information content (AvgIpc) is 2.21. The van der Waals surface area contributed by atoms with Crippen LogP contribution in [-0.4, -0.2) is 9.97 Å². The highest BCUT2D eigenvalue weighted by Gasteiger charge is 2.08. The Balaban J connectivity index is 2.63. The summed E-state index contributed by atoms with van der Waals surface area (Å²) >= 11 is 0. The molecule has 1 atom stereocenters. The van der Waals surface area contributed by atoms with Gasteiger partial charge in [-0.05, 0) is 12.5 Å². The van der Waals surface area contributed by atoms with Crippen molar-refractivity contribution >= 4 is 0 Å². The number of nitrogens with zero attached hydrogens (tertiary/aromatic N) is 2. The molecule has 1 aromatic heterocycles. The van der Waals surface area contributed by atoms with Crippen LogP contribution in [0.4, 0.5) is 0 Å². The summed E-state index contributed by atoms with van der Waals surface area (Å²) < 4.78 is 0. The second-order valence-corrected chi connectivity index (χ2v) is 2.60. The number of aromatic nitrogens is 2. The molecule has 1 heterocycles. The first-order valence-electron chi connectivity index (χ1n) is 4.04. The van der Waals surface area contributed by atoms with Crippen LogP contribution in [0, 0.1) is 12.3 Å². The summed E-state index contributed by atoms with van der Waals surface area (Å²) in [7, 11) is 0. The Kier molecular flexibility index (Phi) is 3.89. The van der Waals surface area contributed by atoms with Gasteiger partial charge < -0.3 is 0 Å². The van der Waals surface area contributed by atoms with Gasteiger partial charge in [-0.3, -0.25) is 11.3 Å². The zero-order valence-electron chi connectivity index (χ0n) is 7.27. The van der Waals surface area contributed by atoms with Crippen molar-refractivity contribution in [1.82, 2.24) is 15.4 Å². The maximum absolute atomic E-state index is 5.37. The molecule has 0 bridgehead atoms. The second-order valence-electron chi connectivity index (χ2n) is 2.60. The first kappa shape index (κ1) is 9.65. The molecule has 0 aliphatic carbocycles. The van der Waals surface area contributed by atoms with E-state index in [0.29, 0.717) is 6.42 Å². The van der Waals surface area contributed by atoms with Gasteiger partial charge >= 0.3 is 0 Å². The fourth-order valence-corrected chi connectivity index (χ4v) is 1.05. The monoisotopic (exact) mass is 176 g/mol. The summed E-state index contributed by atoms with van der Waals surface area (Å²) in [4.78, 5) is 7.90. The minimum Gasteiger partial charge on any atom is -0.271 e. The Hall–Kier alpha value is -1.44. The average molecular weight is 176 g/mol. The van der Waals surface area contributed by atoms with Crippen molar-refractivity contribution in [2.45, 2.75) is 18.9 Å². The van der Waals surface area contributed by atoms with E-state index in [1.807, 2.05) is 6.07 Å². The van der Waals surface area contributed by atoms with Gasteiger partial charge in [0, 0.05) is 12.6 Å². The number of nitrogens with one attached hydrogen (secondary N) is 1. The topological polar surface area (TPSA) is 63.8 Å². The van der Waals surface area contributed by atoms with E-state index >= 15 is 0 Å². The van der Waals surface area contributed by atoms with Gasteiger partial charge in [-0.2, -0.15) is 0 Å². The molecule has 0 saturated carbocycles. The minimum atomic E-state index is 0.0130. The van der Waals surface area contributed by atoms with Crippen molar-refractivity contribution < 1.29 is 0 Å². The van der Waals surface area contributed by atoms with Crippen molar-refractivity contribution in [1.29, 1.82) is 0 Å². The van der Waals surface area contributed by atoms with Gasteiger partial charge in [0.2, 0.25) is 0 Å². The Bertz CT molecular complexity index is 277. The zero-order valence-corrected chi connectivity index (χ0v) is 7.27. The molecule has 68 valence electrons. The quantitative estimate of drug-likeness (QED) is 0.396. The summed E-state index contributed by atoms with van der Waals surface area (Å²) in [6, 6.07) is 1.83. The van der Waals surface area contributed by atoms with Crippen molar-refractivity contribution in [3.63, 3.8) is 0 Å².